The second kappa shape index (κ2) is 14.5. The summed E-state index contributed by atoms with van der Waals surface area (Å²) in [6, 6.07) is 22.4. The number of thiocarbonyl (C=S) groups is 1. The molecule has 0 radical (unpaired) electrons. The van der Waals surface area contributed by atoms with E-state index in [0.717, 1.165) is 32.4 Å². The van der Waals surface area contributed by atoms with E-state index in [1.165, 1.54) is 5.56 Å². The number of amides is 2. The lowest BCUT2D eigenvalue weighted by molar-refractivity contribution is 0.0755. The molecule has 37 heavy (non-hydrogen) atoms. The standard InChI is InChI=1S/C29H32BrN3O3S/c1-3-17-33(18-4-2)28(35)22-10-13-24(14-11-22)31-29(37)32-27(34)23-12-15-26(25(30)20-23)36-19-16-21-8-6-5-7-9-21/h5-15,20H,3-4,16-19H2,1-2H3,(H2,31,32,34,37). The number of carbonyl (C=O) groups is 2. The highest BCUT2D eigenvalue weighted by atomic mass is 79.9. The van der Waals surface area contributed by atoms with Gasteiger partial charge in [0.15, 0.2) is 5.11 Å². The first-order valence-electron chi connectivity index (χ1n) is 12.4. The summed E-state index contributed by atoms with van der Waals surface area (Å²) in [6.07, 6.45) is 2.63. The molecule has 0 unspecified atom stereocenters. The van der Waals surface area contributed by atoms with Gasteiger partial charge in [0.25, 0.3) is 11.8 Å². The molecule has 0 atom stereocenters. The monoisotopic (exact) mass is 581 g/mol. The lowest BCUT2D eigenvalue weighted by Gasteiger charge is -2.21. The summed E-state index contributed by atoms with van der Waals surface area (Å²) in [4.78, 5) is 27.3. The lowest BCUT2D eigenvalue weighted by Crippen LogP contribution is -2.34. The maximum Gasteiger partial charge on any atom is 0.257 e. The van der Waals surface area contributed by atoms with E-state index in [0.29, 0.717) is 33.6 Å². The van der Waals surface area contributed by atoms with E-state index in [9.17, 15) is 9.59 Å². The maximum absolute atomic E-state index is 12.7. The third kappa shape index (κ3) is 8.68. The van der Waals surface area contributed by atoms with Crippen LogP contribution in [0.2, 0.25) is 0 Å². The van der Waals surface area contributed by atoms with E-state index < -0.39 is 0 Å². The molecule has 0 fully saturated rings. The van der Waals surface area contributed by atoms with Gasteiger partial charge in [-0.2, -0.15) is 0 Å². The highest BCUT2D eigenvalue weighted by molar-refractivity contribution is 9.10. The molecule has 3 rings (SSSR count). The van der Waals surface area contributed by atoms with E-state index in [2.05, 4.69) is 52.5 Å². The lowest BCUT2D eigenvalue weighted by atomic mass is 10.1. The summed E-state index contributed by atoms with van der Waals surface area (Å²) in [5.74, 6) is 0.346. The number of nitrogens with zero attached hydrogens (tertiary/aromatic N) is 1. The van der Waals surface area contributed by atoms with E-state index in [-0.39, 0.29) is 16.9 Å². The highest BCUT2D eigenvalue weighted by Gasteiger charge is 2.15. The van der Waals surface area contributed by atoms with Gasteiger partial charge in [-0.15, -0.1) is 0 Å². The van der Waals surface area contributed by atoms with Gasteiger partial charge < -0.3 is 15.0 Å². The molecule has 0 aromatic heterocycles. The predicted molar refractivity (Wildman–Crippen MR) is 156 cm³/mol. The summed E-state index contributed by atoms with van der Waals surface area (Å²) in [5.41, 5.74) is 2.95. The molecule has 0 aliphatic heterocycles. The van der Waals surface area contributed by atoms with E-state index in [4.69, 9.17) is 17.0 Å². The maximum atomic E-state index is 12.7. The van der Waals surface area contributed by atoms with Gasteiger partial charge in [-0.25, -0.2) is 0 Å². The van der Waals surface area contributed by atoms with Gasteiger partial charge in [0.1, 0.15) is 5.75 Å². The van der Waals surface area contributed by atoms with Crippen molar-refractivity contribution in [1.82, 2.24) is 10.2 Å². The minimum atomic E-state index is -0.337. The molecule has 0 heterocycles. The topological polar surface area (TPSA) is 70.7 Å². The molecular weight excluding hydrogens is 550 g/mol. The van der Waals surface area contributed by atoms with Crippen LogP contribution in [0.25, 0.3) is 0 Å². The fourth-order valence-electron chi connectivity index (χ4n) is 3.75. The summed E-state index contributed by atoms with van der Waals surface area (Å²) < 4.78 is 6.55. The third-order valence-corrected chi connectivity index (χ3v) is 6.40. The number of benzene rings is 3. The van der Waals surface area contributed by atoms with Crippen LogP contribution in [-0.4, -0.2) is 41.5 Å². The number of nitrogens with one attached hydrogen (secondary N) is 2. The number of carbonyl (C=O) groups excluding carboxylic acids is 2. The van der Waals surface area contributed by atoms with Crippen LogP contribution in [0.5, 0.6) is 5.75 Å². The van der Waals surface area contributed by atoms with Gasteiger partial charge >= 0.3 is 0 Å². The molecular formula is C29H32BrN3O3S. The summed E-state index contributed by atoms with van der Waals surface area (Å²) in [7, 11) is 0. The Balaban J connectivity index is 1.51. The van der Waals surface area contributed by atoms with Crippen molar-refractivity contribution in [3.05, 3.63) is 94.0 Å². The van der Waals surface area contributed by atoms with Gasteiger partial charge in [0.2, 0.25) is 0 Å². The van der Waals surface area contributed by atoms with Crippen LogP contribution < -0.4 is 15.4 Å². The number of ether oxygens (including phenoxy) is 1. The molecule has 0 spiro atoms. The van der Waals surface area contributed by atoms with Crippen LogP contribution in [0, 0.1) is 0 Å². The van der Waals surface area contributed by atoms with Crippen LogP contribution in [-0.2, 0) is 6.42 Å². The molecule has 0 saturated carbocycles. The largest absolute Gasteiger partial charge is 0.492 e. The Morgan fingerprint density at radius 3 is 2.19 bits per heavy atom. The van der Waals surface area contributed by atoms with Gasteiger partial charge in [-0.05, 0) is 89.0 Å². The SMILES string of the molecule is CCCN(CCC)C(=O)c1ccc(NC(=S)NC(=O)c2ccc(OCCc3ccccc3)c(Br)c2)cc1. The van der Waals surface area contributed by atoms with Crippen molar-refractivity contribution in [3.63, 3.8) is 0 Å². The minimum Gasteiger partial charge on any atom is -0.492 e. The zero-order chi connectivity index (χ0) is 26.6. The molecule has 2 N–H and O–H groups in total. The molecule has 3 aromatic carbocycles. The van der Waals surface area contributed by atoms with Crippen molar-refractivity contribution in [2.75, 3.05) is 25.0 Å². The van der Waals surface area contributed by atoms with E-state index in [1.807, 2.05) is 23.1 Å². The molecule has 6 nitrogen and oxygen atoms in total. The van der Waals surface area contributed by atoms with Crippen molar-refractivity contribution in [2.24, 2.45) is 0 Å². The Labute approximate surface area is 232 Å². The van der Waals surface area contributed by atoms with Crippen LogP contribution in [0.15, 0.2) is 77.3 Å². The second-order valence-corrected chi connectivity index (χ2v) is 9.77. The minimum absolute atomic E-state index is 0.0178. The number of hydrogen-bond donors (Lipinski definition) is 2. The molecule has 0 aliphatic carbocycles. The number of hydrogen-bond acceptors (Lipinski definition) is 4. The van der Waals surface area contributed by atoms with E-state index in [1.54, 1.807) is 42.5 Å². The normalized spacial score (nSPS) is 10.5. The van der Waals surface area contributed by atoms with Crippen LogP contribution >= 0.6 is 28.1 Å². The Kier molecular flexibility index (Phi) is 11.1. The van der Waals surface area contributed by atoms with Gasteiger partial charge in [-0.3, -0.25) is 14.9 Å². The average Bonchev–Trinajstić information content (AvgIpc) is 2.90. The van der Waals surface area contributed by atoms with Crippen LogP contribution in [0.1, 0.15) is 53.0 Å². The molecule has 2 amide bonds. The zero-order valence-corrected chi connectivity index (χ0v) is 23.5. The third-order valence-electron chi connectivity index (χ3n) is 5.58. The fraction of sp³-hybridized carbons (Fsp3) is 0.276. The second-order valence-electron chi connectivity index (χ2n) is 8.51. The first kappa shape index (κ1) is 28.3. The van der Waals surface area contributed by atoms with Crippen molar-refractivity contribution in [3.8, 4) is 5.75 Å². The quantitative estimate of drug-likeness (QED) is 0.254. The summed E-state index contributed by atoms with van der Waals surface area (Å²) in [6.45, 7) is 6.12. The van der Waals surface area contributed by atoms with Crippen molar-refractivity contribution in [1.29, 1.82) is 0 Å². The molecule has 3 aromatic rings. The van der Waals surface area contributed by atoms with Gasteiger partial charge in [-0.1, -0.05) is 44.2 Å². The Morgan fingerprint density at radius 1 is 0.919 bits per heavy atom. The van der Waals surface area contributed by atoms with Gasteiger partial charge in [0, 0.05) is 36.3 Å². The molecule has 0 bridgehead atoms. The average molecular weight is 583 g/mol. The number of anilines is 1. The summed E-state index contributed by atoms with van der Waals surface area (Å²) in [5, 5.41) is 5.85. The van der Waals surface area contributed by atoms with Gasteiger partial charge in [0.05, 0.1) is 11.1 Å². The smallest absolute Gasteiger partial charge is 0.257 e. The number of halogens is 1. The highest BCUT2D eigenvalue weighted by Crippen LogP contribution is 2.26. The first-order chi connectivity index (χ1) is 17.9. The molecule has 0 saturated heterocycles. The molecule has 194 valence electrons. The van der Waals surface area contributed by atoms with Crippen molar-refractivity contribution in [2.45, 2.75) is 33.1 Å². The Bertz CT molecular complexity index is 1200. The Hall–Kier alpha value is -3.23. The zero-order valence-electron chi connectivity index (χ0n) is 21.1. The molecule has 8 heteroatoms. The fourth-order valence-corrected chi connectivity index (χ4v) is 4.46. The van der Waals surface area contributed by atoms with Crippen LogP contribution in [0.3, 0.4) is 0 Å². The van der Waals surface area contributed by atoms with E-state index >= 15 is 0 Å². The Morgan fingerprint density at radius 2 is 1.57 bits per heavy atom. The first-order valence-corrected chi connectivity index (χ1v) is 13.6. The number of rotatable bonds is 11. The summed E-state index contributed by atoms with van der Waals surface area (Å²) >= 11 is 8.80. The van der Waals surface area contributed by atoms with Crippen LogP contribution in [0.4, 0.5) is 5.69 Å². The van der Waals surface area contributed by atoms with Crippen molar-refractivity contribution < 1.29 is 14.3 Å². The predicted octanol–water partition coefficient (Wildman–Crippen LogP) is 6.46. The molecule has 0 aliphatic rings. The van der Waals surface area contributed by atoms with Crippen molar-refractivity contribution >= 4 is 50.8 Å².